The van der Waals surface area contributed by atoms with Gasteiger partial charge in [-0.15, -0.1) is 0 Å². The molecule has 1 saturated carbocycles. The van der Waals surface area contributed by atoms with Gasteiger partial charge in [-0.2, -0.15) is 0 Å². The highest BCUT2D eigenvalue weighted by atomic mass is 35.5. The molecule has 1 amide bonds. The number of fused-ring (bicyclic) bond motifs is 4. The maximum Gasteiger partial charge on any atom is 0.264 e. The van der Waals surface area contributed by atoms with Crippen molar-refractivity contribution in [2.45, 2.75) is 87.7 Å². The average molecular weight is 733 g/mol. The van der Waals surface area contributed by atoms with Gasteiger partial charge in [-0.05, 0) is 119 Å². The highest BCUT2D eigenvalue weighted by Crippen LogP contribution is 2.49. The summed E-state index contributed by atoms with van der Waals surface area (Å²) in [6.07, 6.45) is 8.61. The van der Waals surface area contributed by atoms with Crippen LogP contribution in [0.3, 0.4) is 0 Å². The summed E-state index contributed by atoms with van der Waals surface area (Å²) < 4.78 is 69.2. The number of allylic oxidation sites excluding steroid dienone is 1. The number of sulfone groups is 1. The Morgan fingerprint density at radius 2 is 1.92 bits per heavy atom. The molecule has 2 aromatic rings. The van der Waals surface area contributed by atoms with Crippen molar-refractivity contribution in [3.8, 4) is 5.75 Å². The maximum atomic E-state index is 13.5. The van der Waals surface area contributed by atoms with Crippen LogP contribution in [0.25, 0.3) is 0 Å². The van der Waals surface area contributed by atoms with Crippen LogP contribution >= 0.6 is 11.6 Å². The van der Waals surface area contributed by atoms with Gasteiger partial charge >= 0.3 is 0 Å². The molecule has 2 heterocycles. The van der Waals surface area contributed by atoms with E-state index in [9.17, 15) is 21.6 Å². The summed E-state index contributed by atoms with van der Waals surface area (Å²) in [5.41, 5.74) is 1.92. The molecule has 4 aliphatic rings. The number of halogens is 1. The molecule has 0 saturated heterocycles. The van der Waals surface area contributed by atoms with E-state index < -0.39 is 41.9 Å². The number of carbonyl (C=O) groups is 1. The average Bonchev–Trinajstić information content (AvgIpc) is 3.18. The van der Waals surface area contributed by atoms with Gasteiger partial charge in [0.1, 0.15) is 11.4 Å². The van der Waals surface area contributed by atoms with Gasteiger partial charge in [0.05, 0.1) is 28.5 Å². The van der Waals surface area contributed by atoms with E-state index in [0.717, 1.165) is 37.8 Å². The van der Waals surface area contributed by atoms with Crippen molar-refractivity contribution in [2.24, 2.45) is 17.8 Å². The first-order valence-electron chi connectivity index (χ1n) is 17.4. The van der Waals surface area contributed by atoms with E-state index in [2.05, 4.69) is 15.7 Å². The second-order valence-electron chi connectivity index (χ2n) is 15.0. The largest absolute Gasteiger partial charge is 0.490 e. The lowest BCUT2D eigenvalue weighted by Crippen LogP contribution is -2.55. The minimum Gasteiger partial charge on any atom is -0.490 e. The van der Waals surface area contributed by atoms with E-state index in [0.29, 0.717) is 36.9 Å². The highest BCUT2D eigenvalue weighted by Gasteiger charge is 2.51. The van der Waals surface area contributed by atoms with Crippen molar-refractivity contribution in [3.05, 3.63) is 70.3 Å². The zero-order valence-corrected chi connectivity index (χ0v) is 31.5. The van der Waals surface area contributed by atoms with Crippen LogP contribution in [0.5, 0.6) is 5.75 Å². The summed E-state index contributed by atoms with van der Waals surface area (Å²) in [5.74, 6) is -0.587. The number of anilines is 1. The van der Waals surface area contributed by atoms with Gasteiger partial charge in [-0.25, -0.2) is 21.6 Å². The smallest absolute Gasteiger partial charge is 0.264 e. The lowest BCUT2D eigenvalue weighted by Gasteiger charge is -2.50. The molecule has 9 nitrogen and oxygen atoms in total. The van der Waals surface area contributed by atoms with Crippen molar-refractivity contribution < 1.29 is 31.1 Å². The summed E-state index contributed by atoms with van der Waals surface area (Å²) in [5, 5.41) is -0.764. The normalized spacial score (nSPS) is 32.2. The monoisotopic (exact) mass is 732 g/mol. The molecule has 0 unspecified atom stereocenters. The van der Waals surface area contributed by atoms with E-state index in [4.69, 9.17) is 21.1 Å². The SMILES string of the molecule is CO[C@@]1(CS(=O)(=O)C(C)C)/C=C\C[C@H](C)[C@@H](C)S(=O)(=O)NC(=O)c2ccc3c(c2)N(C[C@@H]2CC[C@H]21)C[C@@]1(CCCc2cc(Cl)ccc21)CO3. The molecule has 49 heavy (non-hydrogen) atoms. The van der Waals surface area contributed by atoms with Crippen LogP contribution < -0.4 is 14.4 Å². The Kier molecular flexibility index (Phi) is 9.98. The number of aryl methyl sites for hydroxylation is 1. The molecule has 6 atom stereocenters. The molecule has 0 radical (unpaired) electrons. The zero-order chi connectivity index (χ0) is 35.4. The van der Waals surface area contributed by atoms with Crippen LogP contribution in [0.2, 0.25) is 5.02 Å². The second-order valence-corrected chi connectivity index (χ2v) is 20.1. The van der Waals surface area contributed by atoms with Gasteiger partial charge < -0.3 is 14.4 Å². The molecule has 2 bridgehead atoms. The topological polar surface area (TPSA) is 119 Å². The number of rotatable bonds is 4. The molecule has 2 aromatic carbocycles. The van der Waals surface area contributed by atoms with Gasteiger partial charge in [-0.1, -0.05) is 36.7 Å². The number of amides is 1. The van der Waals surface area contributed by atoms with Crippen molar-refractivity contribution in [3.63, 3.8) is 0 Å². The Hall–Kier alpha value is -2.60. The fourth-order valence-electron chi connectivity index (χ4n) is 8.27. The van der Waals surface area contributed by atoms with Gasteiger partial charge in [0.25, 0.3) is 5.91 Å². The first-order chi connectivity index (χ1) is 23.1. The minimum absolute atomic E-state index is 0.0883. The Labute approximate surface area is 296 Å². The summed E-state index contributed by atoms with van der Waals surface area (Å²) in [6, 6.07) is 11.2. The molecule has 1 spiro atoms. The van der Waals surface area contributed by atoms with Crippen LogP contribution in [0, 0.1) is 17.8 Å². The second kappa shape index (κ2) is 13.5. The first kappa shape index (κ1) is 36.2. The zero-order valence-electron chi connectivity index (χ0n) is 29.1. The standard InChI is InChI=1S/C37H49ClN2O7S2/c1-24(2)48(42,43)23-37(46-5)17-6-8-25(3)26(4)49(44,45)39-35(41)28-11-15-34-33(19-28)40(20-29-10-13-32(29)37)21-36(22-47-34)16-7-9-27-18-30(38)12-14-31(27)36/h6,11-12,14-15,17-19,24-26,29,32H,7-10,13,16,20-23H2,1-5H3,(H,39,41)/b17-6-/t25-,26+,29-,32+,36-,37+/m0/s1. The van der Waals surface area contributed by atoms with E-state index >= 15 is 0 Å². The summed E-state index contributed by atoms with van der Waals surface area (Å²) in [6.45, 7) is 8.43. The predicted octanol–water partition coefficient (Wildman–Crippen LogP) is 6.09. The van der Waals surface area contributed by atoms with Crippen molar-refractivity contribution in [1.82, 2.24) is 4.72 Å². The minimum atomic E-state index is -4.04. The summed E-state index contributed by atoms with van der Waals surface area (Å²) in [7, 11) is -5.97. The van der Waals surface area contributed by atoms with Crippen LogP contribution in [-0.4, -0.2) is 71.4 Å². The number of nitrogens with zero attached hydrogens (tertiary/aromatic N) is 1. The number of sulfonamides is 1. The molecule has 12 heteroatoms. The van der Waals surface area contributed by atoms with Crippen molar-refractivity contribution in [1.29, 1.82) is 0 Å². The molecule has 0 aromatic heterocycles. The number of hydrogen-bond acceptors (Lipinski definition) is 8. The molecule has 2 aliphatic carbocycles. The molecular formula is C37H49ClN2O7S2. The van der Waals surface area contributed by atoms with Crippen LogP contribution in [-0.2, 0) is 36.4 Å². The third kappa shape index (κ3) is 6.89. The van der Waals surface area contributed by atoms with Gasteiger partial charge in [0, 0.05) is 36.2 Å². The molecule has 268 valence electrons. The van der Waals surface area contributed by atoms with Crippen LogP contribution in [0.15, 0.2) is 48.6 Å². The fraction of sp³-hybridized carbons (Fsp3) is 0.595. The third-order valence-electron chi connectivity index (χ3n) is 11.8. The third-order valence-corrected chi connectivity index (χ3v) is 16.2. The van der Waals surface area contributed by atoms with E-state index in [1.807, 2.05) is 31.2 Å². The lowest BCUT2D eigenvalue weighted by atomic mass is 9.64. The van der Waals surface area contributed by atoms with Crippen molar-refractivity contribution >= 4 is 43.1 Å². The summed E-state index contributed by atoms with van der Waals surface area (Å²) >= 11 is 6.44. The van der Waals surface area contributed by atoms with Gasteiger partial charge in [-0.3, -0.25) is 4.79 Å². The number of carbonyl (C=O) groups excluding carboxylic acids is 1. The van der Waals surface area contributed by atoms with Gasteiger partial charge in [0.15, 0.2) is 9.84 Å². The van der Waals surface area contributed by atoms with Crippen molar-refractivity contribution in [2.75, 3.05) is 37.5 Å². The molecule has 2 aliphatic heterocycles. The summed E-state index contributed by atoms with van der Waals surface area (Å²) in [4.78, 5) is 15.8. The van der Waals surface area contributed by atoms with Crippen LogP contribution in [0.1, 0.15) is 81.3 Å². The number of benzene rings is 2. The number of ether oxygens (including phenoxy) is 2. The highest BCUT2D eigenvalue weighted by molar-refractivity contribution is 7.92. The van der Waals surface area contributed by atoms with Gasteiger partial charge in [0.2, 0.25) is 10.0 Å². The first-order valence-corrected chi connectivity index (χ1v) is 21.0. The number of nitrogens with one attached hydrogen (secondary N) is 1. The van der Waals surface area contributed by atoms with Crippen LogP contribution in [0.4, 0.5) is 5.69 Å². The number of methoxy groups -OCH3 is 1. The molecule has 1 N–H and O–H groups in total. The predicted molar refractivity (Wildman–Crippen MR) is 194 cm³/mol. The molecule has 6 rings (SSSR count). The molecular weight excluding hydrogens is 684 g/mol. The maximum absolute atomic E-state index is 13.5. The number of hydrogen-bond donors (Lipinski definition) is 1. The fourth-order valence-corrected chi connectivity index (χ4v) is 11.1. The van der Waals surface area contributed by atoms with E-state index in [1.165, 1.54) is 11.1 Å². The Morgan fingerprint density at radius 1 is 1.14 bits per heavy atom. The Balaban J connectivity index is 1.48. The Morgan fingerprint density at radius 3 is 2.61 bits per heavy atom. The van der Waals surface area contributed by atoms with E-state index in [1.54, 1.807) is 46.1 Å². The van der Waals surface area contributed by atoms with E-state index in [-0.39, 0.29) is 34.5 Å². The molecule has 1 fully saturated rings. The Bertz CT molecular complexity index is 1850. The quantitative estimate of drug-likeness (QED) is 0.376. The lowest BCUT2D eigenvalue weighted by molar-refractivity contribution is -0.0598.